The molecule has 1 unspecified atom stereocenters. The first-order valence-corrected chi connectivity index (χ1v) is 15.3. The summed E-state index contributed by atoms with van der Waals surface area (Å²) in [6, 6.07) is 2.41. The summed E-state index contributed by atoms with van der Waals surface area (Å²) in [4.78, 5) is 48.4. The maximum atomic E-state index is 14.7. The number of carboxylic acid groups (broad SMARTS) is 1. The maximum absolute atomic E-state index is 14.7. The number of nitrogens with zero attached hydrogens (tertiary/aromatic N) is 3. The minimum absolute atomic E-state index is 0.0477. The molecule has 2 aromatic heterocycles. The van der Waals surface area contributed by atoms with Gasteiger partial charge in [-0.2, -0.15) is 0 Å². The average molecular weight is 661 g/mol. The molecule has 3 heterocycles. The third-order valence-electron chi connectivity index (χ3n) is 7.59. The van der Waals surface area contributed by atoms with Gasteiger partial charge in [0.25, 0.3) is 5.91 Å². The van der Waals surface area contributed by atoms with Crippen molar-refractivity contribution in [1.29, 1.82) is 0 Å². The van der Waals surface area contributed by atoms with Crippen LogP contribution in [-0.2, 0) is 11.2 Å². The fourth-order valence-corrected chi connectivity index (χ4v) is 6.65. The molecule has 13 nitrogen and oxygen atoms in total. The Bertz CT molecular complexity index is 1660. The van der Waals surface area contributed by atoms with Crippen LogP contribution in [-0.4, -0.2) is 74.2 Å². The molecule has 3 aromatic rings. The molecule has 46 heavy (non-hydrogen) atoms. The highest BCUT2D eigenvalue weighted by atomic mass is 32.1. The van der Waals surface area contributed by atoms with Crippen LogP contribution in [0.4, 0.5) is 34.7 Å². The highest BCUT2D eigenvalue weighted by Crippen LogP contribution is 2.42. The van der Waals surface area contributed by atoms with Crippen LogP contribution in [0, 0.1) is 17.6 Å². The number of thiazole rings is 1. The molecule has 16 heteroatoms. The zero-order valence-electron chi connectivity index (χ0n) is 25.4. The second kappa shape index (κ2) is 12.8. The van der Waals surface area contributed by atoms with Crippen molar-refractivity contribution in [2.24, 2.45) is 5.92 Å². The van der Waals surface area contributed by atoms with Gasteiger partial charge in [0.2, 0.25) is 0 Å². The molecular weight excluding hydrogens is 626 g/mol. The number of ether oxygens (including phenoxy) is 1. The molecular formula is C30H34F2N6O7S. The molecule has 2 aliphatic rings. The van der Waals surface area contributed by atoms with Gasteiger partial charge < -0.3 is 35.6 Å². The first-order valence-electron chi connectivity index (χ1n) is 14.5. The van der Waals surface area contributed by atoms with E-state index in [0.717, 1.165) is 12.1 Å². The monoisotopic (exact) mass is 660 g/mol. The maximum Gasteiger partial charge on any atom is 0.412 e. The van der Waals surface area contributed by atoms with Gasteiger partial charge in [0.05, 0.1) is 47.1 Å². The van der Waals surface area contributed by atoms with Crippen molar-refractivity contribution >= 4 is 45.8 Å². The van der Waals surface area contributed by atoms with Gasteiger partial charge >= 0.3 is 12.2 Å². The third kappa shape index (κ3) is 6.88. The molecule has 1 fully saturated rings. The van der Waals surface area contributed by atoms with Crippen molar-refractivity contribution in [2.75, 3.05) is 28.6 Å². The number of hydrogen-bond donors (Lipinski definition) is 6. The van der Waals surface area contributed by atoms with Crippen molar-refractivity contribution in [3.63, 3.8) is 0 Å². The van der Waals surface area contributed by atoms with Gasteiger partial charge in [-0.15, -0.1) is 0 Å². The predicted octanol–water partition coefficient (Wildman–Crippen LogP) is 4.52. The smallest absolute Gasteiger partial charge is 0.412 e. The summed E-state index contributed by atoms with van der Waals surface area (Å²) in [5, 5.41) is 37.8. The SMILES string of the molecule is C[C@H]1CN(c2c(NC(=O)c3nc(-c4c(F)cccc4F)sc3NC(=O)OC(C)(C)C)cnc3c2CCC3O)C[C@@H](NC(=O)O)[C@H]1O. The first kappa shape index (κ1) is 33.0. The van der Waals surface area contributed by atoms with E-state index < -0.39 is 59.1 Å². The molecule has 3 amide bonds. The van der Waals surface area contributed by atoms with E-state index >= 15 is 0 Å². The van der Waals surface area contributed by atoms with Gasteiger partial charge in [-0.1, -0.05) is 24.3 Å². The molecule has 1 aliphatic carbocycles. The summed E-state index contributed by atoms with van der Waals surface area (Å²) in [5.41, 5.74) is -0.0123. The normalized spacial score (nSPS) is 21.0. The fourth-order valence-electron chi connectivity index (χ4n) is 5.65. The molecule has 6 N–H and O–H groups in total. The van der Waals surface area contributed by atoms with E-state index in [9.17, 15) is 38.5 Å². The van der Waals surface area contributed by atoms with Crippen LogP contribution in [0.3, 0.4) is 0 Å². The summed E-state index contributed by atoms with van der Waals surface area (Å²) in [7, 11) is 0. The molecule has 1 aromatic carbocycles. The second-order valence-electron chi connectivity index (χ2n) is 12.2. The number of halogens is 2. The van der Waals surface area contributed by atoms with Crippen LogP contribution in [0.5, 0.6) is 0 Å². The van der Waals surface area contributed by atoms with Crippen LogP contribution in [0.15, 0.2) is 24.4 Å². The summed E-state index contributed by atoms with van der Waals surface area (Å²) < 4.78 is 34.7. The van der Waals surface area contributed by atoms with Gasteiger partial charge in [0.1, 0.15) is 27.2 Å². The molecule has 1 aliphatic heterocycles. The number of carbonyl (C=O) groups is 3. The van der Waals surface area contributed by atoms with Crippen LogP contribution < -0.4 is 20.9 Å². The third-order valence-corrected chi connectivity index (χ3v) is 8.58. The van der Waals surface area contributed by atoms with E-state index in [-0.39, 0.29) is 40.4 Å². The topological polar surface area (TPSA) is 186 Å². The van der Waals surface area contributed by atoms with Crippen molar-refractivity contribution < 1.29 is 43.2 Å². The van der Waals surface area contributed by atoms with Gasteiger partial charge in [-0.3, -0.25) is 15.1 Å². The summed E-state index contributed by atoms with van der Waals surface area (Å²) >= 11 is 0.679. The number of piperidine rings is 1. The Morgan fingerprint density at radius 3 is 2.46 bits per heavy atom. The minimum Gasteiger partial charge on any atom is -0.465 e. The Labute approximate surface area is 266 Å². The lowest BCUT2D eigenvalue weighted by atomic mass is 9.91. The Hall–Kier alpha value is -4.41. The lowest BCUT2D eigenvalue weighted by Gasteiger charge is -2.42. The molecule has 1 saturated heterocycles. The van der Waals surface area contributed by atoms with Gasteiger partial charge in [-0.25, -0.2) is 23.4 Å². The number of benzene rings is 1. The zero-order chi connectivity index (χ0) is 33.5. The zero-order valence-corrected chi connectivity index (χ0v) is 26.2. The van der Waals surface area contributed by atoms with Crippen molar-refractivity contribution in [3.8, 4) is 10.6 Å². The minimum atomic E-state index is -1.31. The Kier molecular flexibility index (Phi) is 9.15. The number of carbonyl (C=O) groups excluding carboxylic acids is 2. The molecule has 0 spiro atoms. The molecule has 0 bridgehead atoms. The van der Waals surface area contributed by atoms with E-state index in [4.69, 9.17) is 4.74 Å². The van der Waals surface area contributed by atoms with E-state index in [2.05, 4.69) is 25.9 Å². The highest BCUT2D eigenvalue weighted by Gasteiger charge is 2.38. The second-order valence-corrected chi connectivity index (χ2v) is 13.2. The number of nitrogens with one attached hydrogen (secondary N) is 3. The standard InChI is InChI=1S/C30H34F2N6O7S/c1-13-11-38(12-18(24(13)40)35-28(42)43)23-14-8-9-19(39)21(14)33-10-17(23)34-25(41)22-27(37-29(44)45-30(2,3)4)46-26(36-22)20-15(31)6-5-7-16(20)32/h5-7,10,13,18-19,24,35,39-40H,8-9,11-12H2,1-4H3,(H,34,41)(H,37,44)(H,42,43)/t13-,18+,19?,24-/m0/s1. The number of fused-ring (bicyclic) bond motifs is 1. The molecule has 5 rings (SSSR count). The van der Waals surface area contributed by atoms with Crippen molar-refractivity contribution in [1.82, 2.24) is 15.3 Å². The number of anilines is 3. The van der Waals surface area contributed by atoms with Gasteiger partial charge in [0.15, 0.2) is 5.69 Å². The molecule has 246 valence electrons. The van der Waals surface area contributed by atoms with Crippen molar-refractivity contribution in [3.05, 3.63) is 53.0 Å². The number of aromatic nitrogens is 2. The Balaban J connectivity index is 1.55. The largest absolute Gasteiger partial charge is 0.465 e. The van der Waals surface area contributed by atoms with E-state index in [1.54, 1.807) is 27.7 Å². The number of pyridine rings is 1. The van der Waals surface area contributed by atoms with E-state index in [0.29, 0.717) is 41.1 Å². The fraction of sp³-hybridized carbons (Fsp3) is 0.433. The lowest BCUT2D eigenvalue weighted by Crippen LogP contribution is -2.58. The van der Waals surface area contributed by atoms with Gasteiger partial charge in [-0.05, 0) is 45.7 Å². The first-order chi connectivity index (χ1) is 21.6. The molecule has 4 atom stereocenters. The number of aliphatic hydroxyl groups excluding tert-OH is 2. The van der Waals surface area contributed by atoms with Gasteiger partial charge in [0, 0.05) is 24.6 Å². The van der Waals surface area contributed by atoms with Crippen LogP contribution in [0.25, 0.3) is 10.6 Å². The summed E-state index contributed by atoms with van der Waals surface area (Å²) in [6.45, 7) is 7.02. The van der Waals surface area contributed by atoms with Crippen LogP contribution in [0.2, 0.25) is 0 Å². The number of hydrogen-bond acceptors (Lipinski definition) is 10. The quantitative estimate of drug-likeness (QED) is 0.220. The lowest BCUT2D eigenvalue weighted by molar-refractivity contribution is 0.0633. The molecule has 0 radical (unpaired) electrons. The number of amides is 3. The van der Waals surface area contributed by atoms with Crippen molar-refractivity contribution in [2.45, 2.75) is 64.4 Å². The number of rotatable bonds is 6. The van der Waals surface area contributed by atoms with Crippen LogP contribution in [0.1, 0.15) is 62.0 Å². The molecule has 0 saturated carbocycles. The number of aliphatic hydroxyl groups is 2. The average Bonchev–Trinajstić information content (AvgIpc) is 3.53. The Morgan fingerprint density at radius 2 is 1.80 bits per heavy atom. The van der Waals surface area contributed by atoms with Crippen LogP contribution >= 0.6 is 11.3 Å². The highest BCUT2D eigenvalue weighted by molar-refractivity contribution is 7.19. The Morgan fingerprint density at radius 1 is 1.11 bits per heavy atom. The summed E-state index contributed by atoms with van der Waals surface area (Å²) in [6.07, 6.45) is -1.91. The van der Waals surface area contributed by atoms with E-state index in [1.807, 2.05) is 4.90 Å². The van der Waals surface area contributed by atoms with E-state index in [1.165, 1.54) is 12.3 Å². The predicted molar refractivity (Wildman–Crippen MR) is 165 cm³/mol. The summed E-state index contributed by atoms with van der Waals surface area (Å²) in [5.74, 6) is -3.07.